The predicted molar refractivity (Wildman–Crippen MR) is 100 cm³/mol. The number of fused-ring (bicyclic) bond motifs is 3. The van der Waals surface area contributed by atoms with Gasteiger partial charge in [-0.15, -0.1) is 0 Å². The highest BCUT2D eigenvalue weighted by atomic mass is 35.5. The number of carbonyl (C=O) groups is 2. The molecule has 0 saturated carbocycles. The molecule has 4 rings (SSSR count). The highest BCUT2D eigenvalue weighted by Crippen LogP contribution is 2.34. The largest absolute Gasteiger partial charge is 0.328 e. The molecule has 0 radical (unpaired) electrons. The van der Waals surface area contributed by atoms with Crippen molar-refractivity contribution < 1.29 is 9.59 Å². The van der Waals surface area contributed by atoms with Crippen LogP contribution in [-0.2, 0) is 4.79 Å². The minimum Gasteiger partial charge on any atom is -0.325 e. The summed E-state index contributed by atoms with van der Waals surface area (Å²) in [6.07, 6.45) is -0.506. The van der Waals surface area contributed by atoms with Crippen LogP contribution in [0.15, 0.2) is 41.4 Å². The highest BCUT2D eigenvalue weighted by Gasteiger charge is 2.54. The number of imide groups is 1. The Morgan fingerprint density at radius 3 is 2.81 bits per heavy atom. The summed E-state index contributed by atoms with van der Waals surface area (Å²) >= 11 is 6.12. The van der Waals surface area contributed by atoms with Crippen LogP contribution in [0.2, 0.25) is 5.02 Å². The van der Waals surface area contributed by atoms with Crippen molar-refractivity contribution in [1.82, 2.24) is 14.7 Å². The maximum atomic E-state index is 13.0. The van der Waals surface area contributed by atoms with Crippen molar-refractivity contribution in [3.05, 3.63) is 41.4 Å². The third-order valence-electron chi connectivity index (χ3n) is 4.93. The Balaban J connectivity index is 1.67. The third-order valence-corrected chi connectivity index (χ3v) is 5.16. The van der Waals surface area contributed by atoms with Gasteiger partial charge in [0.15, 0.2) is 12.2 Å². The lowest BCUT2D eigenvalue weighted by Gasteiger charge is -2.40. The van der Waals surface area contributed by atoms with Gasteiger partial charge in [0.05, 0.1) is 6.54 Å². The molecule has 2 fully saturated rings. The molecule has 2 unspecified atom stereocenters. The average molecular weight is 374 g/mol. The molecule has 3 amide bonds. The normalized spacial score (nSPS) is 24.8. The van der Waals surface area contributed by atoms with E-state index < -0.39 is 12.2 Å². The lowest BCUT2D eigenvalue weighted by molar-refractivity contribution is -0.136. The van der Waals surface area contributed by atoms with Crippen LogP contribution >= 0.6 is 11.6 Å². The van der Waals surface area contributed by atoms with Gasteiger partial charge in [0.1, 0.15) is 0 Å². The fraction of sp³-hybridized carbons (Fsp3) is 0.389. The summed E-state index contributed by atoms with van der Waals surface area (Å²) in [5.41, 5.74) is 1.69. The molecular formula is C18H20ClN5O2. The molecule has 0 spiro atoms. The van der Waals surface area contributed by atoms with E-state index in [-0.39, 0.29) is 18.5 Å². The van der Waals surface area contributed by atoms with Gasteiger partial charge >= 0.3 is 6.03 Å². The summed E-state index contributed by atoms with van der Waals surface area (Å²) in [6, 6.07) is 6.72. The van der Waals surface area contributed by atoms with Crippen molar-refractivity contribution in [2.75, 3.05) is 31.6 Å². The van der Waals surface area contributed by atoms with Crippen molar-refractivity contribution in [3.8, 4) is 0 Å². The van der Waals surface area contributed by atoms with E-state index in [1.807, 2.05) is 34.1 Å². The van der Waals surface area contributed by atoms with Gasteiger partial charge in [-0.25, -0.2) is 9.79 Å². The van der Waals surface area contributed by atoms with Crippen LogP contribution < -0.4 is 4.90 Å². The standard InChI is InChI=1S/C18H20ClN5O2/c1-11(2)10-24-16(25)14-15(21(3)18(24)26)20-17-22(7-8-23(14)17)13-6-4-5-12(19)9-13/h4-6,9,14-15H,1,7-8,10H2,2-3H3. The van der Waals surface area contributed by atoms with Crippen LogP contribution in [-0.4, -0.2) is 71.5 Å². The number of anilines is 1. The maximum absolute atomic E-state index is 13.0. The molecular weight excluding hydrogens is 354 g/mol. The molecule has 8 heteroatoms. The first-order chi connectivity index (χ1) is 12.4. The van der Waals surface area contributed by atoms with E-state index >= 15 is 0 Å². The van der Waals surface area contributed by atoms with Gasteiger partial charge in [-0.2, -0.15) is 0 Å². The number of halogens is 1. The van der Waals surface area contributed by atoms with Crippen LogP contribution in [0.4, 0.5) is 10.5 Å². The van der Waals surface area contributed by atoms with Crippen LogP contribution in [0.1, 0.15) is 6.92 Å². The molecule has 0 N–H and O–H groups in total. The number of nitrogens with zero attached hydrogens (tertiary/aromatic N) is 5. The second-order valence-electron chi connectivity index (χ2n) is 6.89. The third kappa shape index (κ3) is 2.46. The van der Waals surface area contributed by atoms with E-state index in [2.05, 4.69) is 6.58 Å². The molecule has 3 aliphatic rings. The van der Waals surface area contributed by atoms with Gasteiger partial charge in [0.2, 0.25) is 5.96 Å². The first kappa shape index (κ1) is 16.9. The Morgan fingerprint density at radius 2 is 2.12 bits per heavy atom. The first-order valence-corrected chi connectivity index (χ1v) is 8.86. The monoisotopic (exact) mass is 373 g/mol. The lowest BCUT2D eigenvalue weighted by Crippen LogP contribution is -2.65. The molecule has 0 aliphatic carbocycles. The predicted octanol–water partition coefficient (Wildman–Crippen LogP) is 2.00. The fourth-order valence-electron chi connectivity index (χ4n) is 3.74. The molecule has 0 bridgehead atoms. The van der Waals surface area contributed by atoms with Crippen LogP contribution in [0, 0.1) is 0 Å². The zero-order chi connectivity index (χ0) is 18.6. The van der Waals surface area contributed by atoms with Crippen molar-refractivity contribution in [2.24, 2.45) is 4.99 Å². The van der Waals surface area contributed by atoms with E-state index in [1.54, 1.807) is 14.0 Å². The second kappa shape index (κ2) is 6.02. The topological polar surface area (TPSA) is 59.5 Å². The number of guanidine groups is 1. The minimum absolute atomic E-state index is 0.215. The molecule has 1 aromatic carbocycles. The van der Waals surface area contributed by atoms with Crippen molar-refractivity contribution in [2.45, 2.75) is 19.1 Å². The number of amides is 3. The van der Waals surface area contributed by atoms with Crippen molar-refractivity contribution >= 4 is 35.2 Å². The molecule has 1 aromatic rings. The molecule has 3 aliphatic heterocycles. The molecule has 3 heterocycles. The van der Waals surface area contributed by atoms with Gasteiger partial charge in [-0.1, -0.05) is 29.8 Å². The van der Waals surface area contributed by atoms with Crippen LogP contribution in [0.5, 0.6) is 0 Å². The first-order valence-electron chi connectivity index (χ1n) is 8.48. The average Bonchev–Trinajstić information content (AvgIpc) is 3.15. The van der Waals surface area contributed by atoms with Crippen molar-refractivity contribution in [1.29, 1.82) is 0 Å². The number of likely N-dealkylation sites (N-methyl/N-ethyl adjacent to an activating group) is 1. The Morgan fingerprint density at radius 1 is 1.35 bits per heavy atom. The van der Waals surface area contributed by atoms with Gasteiger partial charge in [-0.05, 0) is 25.1 Å². The Kier molecular flexibility index (Phi) is 3.91. The Hall–Kier alpha value is -2.54. The lowest BCUT2D eigenvalue weighted by atomic mass is 10.1. The number of aliphatic imine (C=N–C) groups is 1. The SMILES string of the molecule is C=C(C)CN1C(=O)C2C(N=C3N(c4cccc(Cl)c4)CCN32)N(C)C1=O. The van der Waals surface area contributed by atoms with E-state index in [9.17, 15) is 9.59 Å². The van der Waals surface area contributed by atoms with E-state index in [0.717, 1.165) is 11.3 Å². The summed E-state index contributed by atoms with van der Waals surface area (Å²) < 4.78 is 0. The summed E-state index contributed by atoms with van der Waals surface area (Å²) in [5, 5.41) is 0.646. The maximum Gasteiger partial charge on any atom is 0.328 e. The van der Waals surface area contributed by atoms with Gasteiger partial charge in [0.25, 0.3) is 5.91 Å². The highest BCUT2D eigenvalue weighted by molar-refractivity contribution is 6.31. The number of benzene rings is 1. The molecule has 0 aromatic heterocycles. The summed E-state index contributed by atoms with van der Waals surface area (Å²) in [5.74, 6) is 0.500. The van der Waals surface area contributed by atoms with E-state index in [1.165, 1.54) is 9.80 Å². The van der Waals surface area contributed by atoms with Crippen LogP contribution in [0.3, 0.4) is 0 Å². The number of hydrogen-bond donors (Lipinski definition) is 0. The summed E-state index contributed by atoms with van der Waals surface area (Å²) in [4.78, 5) is 37.2. The number of urea groups is 1. The second-order valence-corrected chi connectivity index (χ2v) is 7.32. The fourth-order valence-corrected chi connectivity index (χ4v) is 3.93. The minimum atomic E-state index is -0.506. The molecule has 2 atom stereocenters. The van der Waals surface area contributed by atoms with Gasteiger partial charge < -0.3 is 14.7 Å². The Bertz CT molecular complexity index is 839. The molecule has 26 heavy (non-hydrogen) atoms. The molecule has 136 valence electrons. The number of rotatable bonds is 3. The summed E-state index contributed by atoms with van der Waals surface area (Å²) in [6.45, 7) is 7.25. The number of carbonyl (C=O) groups excluding carboxylic acids is 2. The quantitative estimate of drug-likeness (QED) is 0.760. The van der Waals surface area contributed by atoms with Crippen molar-refractivity contribution in [3.63, 3.8) is 0 Å². The molecule has 2 saturated heterocycles. The van der Waals surface area contributed by atoms with E-state index in [0.29, 0.717) is 24.1 Å². The Labute approximate surface area is 157 Å². The number of hydrogen-bond acceptors (Lipinski definition) is 5. The smallest absolute Gasteiger partial charge is 0.325 e. The van der Waals surface area contributed by atoms with E-state index in [4.69, 9.17) is 16.6 Å². The van der Waals surface area contributed by atoms with Crippen LogP contribution in [0.25, 0.3) is 0 Å². The zero-order valence-electron chi connectivity index (χ0n) is 14.7. The zero-order valence-corrected chi connectivity index (χ0v) is 15.5. The molecule has 7 nitrogen and oxygen atoms in total. The van der Waals surface area contributed by atoms with Gasteiger partial charge in [0, 0.05) is 30.8 Å². The van der Waals surface area contributed by atoms with Gasteiger partial charge in [-0.3, -0.25) is 9.69 Å². The summed E-state index contributed by atoms with van der Waals surface area (Å²) in [7, 11) is 1.69.